The highest BCUT2D eigenvalue weighted by molar-refractivity contribution is 5.91. The van der Waals surface area contributed by atoms with E-state index in [1.807, 2.05) is 0 Å². The first-order valence-corrected chi connectivity index (χ1v) is 8.13. The minimum Gasteiger partial charge on any atom is -0.456 e. The first-order valence-electron chi connectivity index (χ1n) is 8.13. The third-order valence-corrected chi connectivity index (χ3v) is 2.75. The number of rotatable bonds is 5. The number of benzene rings is 1. The predicted molar refractivity (Wildman–Crippen MR) is 94.9 cm³/mol. The van der Waals surface area contributed by atoms with E-state index in [0.717, 1.165) is 0 Å². The van der Waals surface area contributed by atoms with Crippen LogP contribution in [0.5, 0.6) is 0 Å². The van der Waals surface area contributed by atoms with Gasteiger partial charge in [-0.1, -0.05) is 18.2 Å². The summed E-state index contributed by atoms with van der Waals surface area (Å²) in [4.78, 5) is 24.0. The summed E-state index contributed by atoms with van der Waals surface area (Å²) in [7, 11) is 0. The molecule has 1 radical (unpaired) electrons. The molecule has 6 heteroatoms. The number of nitrogens with one attached hydrogen (secondary N) is 1. The van der Waals surface area contributed by atoms with Crippen molar-refractivity contribution >= 4 is 12.1 Å². The van der Waals surface area contributed by atoms with Crippen molar-refractivity contribution in [1.29, 1.82) is 0 Å². The Balaban J connectivity index is 2.66. The van der Waals surface area contributed by atoms with E-state index in [4.69, 9.17) is 14.2 Å². The maximum atomic E-state index is 12.3. The normalized spacial score (nSPS) is 13.1. The van der Waals surface area contributed by atoms with Gasteiger partial charge in [0.15, 0.2) is 0 Å². The molecule has 1 N–H and O–H groups in total. The first kappa shape index (κ1) is 21.0. The Bertz CT molecular complexity index is 599. The molecule has 0 saturated heterocycles. The van der Waals surface area contributed by atoms with Crippen LogP contribution >= 0.6 is 0 Å². The Morgan fingerprint density at radius 3 is 2.16 bits per heavy atom. The van der Waals surface area contributed by atoms with Crippen molar-refractivity contribution in [3.8, 4) is 0 Å². The minimum atomic E-state index is -0.818. The molecule has 6 nitrogen and oxygen atoms in total. The third kappa shape index (κ3) is 8.54. The fourth-order valence-corrected chi connectivity index (χ4v) is 1.85. The molecule has 0 saturated carbocycles. The molecule has 1 atom stereocenters. The Labute approximate surface area is 149 Å². The number of carbonyl (C=O) groups excluding carboxylic acids is 2. The molecular weight excluding hydrogens is 322 g/mol. The average molecular weight is 350 g/mol. The number of amides is 1. The van der Waals surface area contributed by atoms with Gasteiger partial charge in [0.1, 0.15) is 17.4 Å². The van der Waals surface area contributed by atoms with Crippen molar-refractivity contribution in [3.05, 3.63) is 42.3 Å². The lowest BCUT2D eigenvalue weighted by Crippen LogP contribution is -2.39. The van der Waals surface area contributed by atoms with Gasteiger partial charge in [-0.25, -0.2) is 9.59 Å². The van der Waals surface area contributed by atoms with E-state index in [-0.39, 0.29) is 6.61 Å². The number of hydrogen-bond acceptors (Lipinski definition) is 5. The van der Waals surface area contributed by atoms with E-state index >= 15 is 0 Å². The van der Waals surface area contributed by atoms with Crippen LogP contribution in [0.1, 0.15) is 57.5 Å². The van der Waals surface area contributed by atoms with Crippen molar-refractivity contribution in [1.82, 2.24) is 5.32 Å². The molecule has 1 unspecified atom stereocenters. The summed E-state index contributed by atoms with van der Waals surface area (Å²) >= 11 is 0. The van der Waals surface area contributed by atoms with Crippen LogP contribution in [0.2, 0.25) is 0 Å². The van der Waals surface area contributed by atoms with Crippen LogP contribution in [-0.4, -0.2) is 29.5 Å². The molecule has 0 fully saturated rings. The van der Waals surface area contributed by atoms with Crippen molar-refractivity contribution in [2.24, 2.45) is 0 Å². The Morgan fingerprint density at radius 2 is 1.60 bits per heavy atom. The Kier molecular flexibility index (Phi) is 6.99. The number of ether oxygens (including phenoxy) is 3. The van der Waals surface area contributed by atoms with Gasteiger partial charge >= 0.3 is 12.1 Å². The number of esters is 1. The Hall–Kier alpha value is -2.08. The predicted octanol–water partition coefficient (Wildman–Crippen LogP) is 3.84. The molecule has 0 aliphatic carbocycles. The van der Waals surface area contributed by atoms with Gasteiger partial charge < -0.3 is 14.2 Å². The quantitative estimate of drug-likeness (QED) is 0.645. The van der Waals surface area contributed by atoms with Crippen LogP contribution in [0.25, 0.3) is 0 Å². The summed E-state index contributed by atoms with van der Waals surface area (Å²) in [5.74, 6) is -0.424. The maximum absolute atomic E-state index is 12.3. The number of hydrogen-bond donors (Lipinski definition) is 1. The summed E-state index contributed by atoms with van der Waals surface area (Å²) < 4.78 is 16.0. The molecule has 0 aromatic heterocycles. The van der Waals surface area contributed by atoms with Gasteiger partial charge in [0, 0.05) is 0 Å². The highest BCUT2D eigenvalue weighted by Gasteiger charge is 2.21. The molecule has 1 aromatic carbocycles. The molecule has 0 heterocycles. The van der Waals surface area contributed by atoms with Crippen LogP contribution in [0.4, 0.5) is 4.79 Å². The van der Waals surface area contributed by atoms with Crippen LogP contribution in [-0.2, 0) is 20.8 Å². The van der Waals surface area contributed by atoms with E-state index < -0.39 is 29.5 Å². The van der Waals surface area contributed by atoms with E-state index in [9.17, 15) is 9.59 Å². The summed E-state index contributed by atoms with van der Waals surface area (Å²) in [6, 6.07) is 6.99. The van der Waals surface area contributed by atoms with Gasteiger partial charge in [0.2, 0.25) is 0 Å². The molecule has 139 valence electrons. The SMILES string of the molecule is [CH2]C(NC(=O)OC(C)(C)C)OCc1ccccc1C(=O)OC(C)(C)C. The molecule has 1 rings (SSSR count). The van der Waals surface area contributed by atoms with Crippen molar-refractivity contribution in [2.75, 3.05) is 0 Å². The fraction of sp³-hybridized carbons (Fsp3) is 0.526. The van der Waals surface area contributed by atoms with Gasteiger partial charge in [-0.2, -0.15) is 0 Å². The van der Waals surface area contributed by atoms with Gasteiger partial charge in [0.05, 0.1) is 12.2 Å². The summed E-state index contributed by atoms with van der Waals surface area (Å²) in [6.07, 6.45) is -1.44. The highest BCUT2D eigenvalue weighted by Crippen LogP contribution is 2.17. The Morgan fingerprint density at radius 1 is 1.04 bits per heavy atom. The van der Waals surface area contributed by atoms with Gasteiger partial charge in [-0.3, -0.25) is 5.32 Å². The zero-order valence-electron chi connectivity index (χ0n) is 15.8. The molecule has 0 bridgehead atoms. The van der Waals surface area contributed by atoms with E-state index in [1.165, 1.54) is 0 Å². The summed E-state index contributed by atoms with van der Waals surface area (Å²) in [5, 5.41) is 2.48. The lowest BCUT2D eigenvalue weighted by Gasteiger charge is -2.23. The number of carbonyl (C=O) groups is 2. The second-order valence-corrected chi connectivity index (χ2v) is 7.60. The second-order valence-electron chi connectivity index (χ2n) is 7.60. The molecule has 0 spiro atoms. The monoisotopic (exact) mass is 350 g/mol. The molecule has 1 amide bonds. The molecular formula is C19H28NO5. The minimum absolute atomic E-state index is 0.0966. The van der Waals surface area contributed by atoms with E-state index in [2.05, 4.69) is 12.2 Å². The molecule has 0 aliphatic rings. The summed E-state index contributed by atoms with van der Waals surface area (Å²) in [5.41, 5.74) is -0.121. The van der Waals surface area contributed by atoms with Gasteiger partial charge in [-0.15, -0.1) is 0 Å². The second kappa shape index (κ2) is 8.34. The molecule has 1 aromatic rings. The third-order valence-electron chi connectivity index (χ3n) is 2.75. The molecule has 25 heavy (non-hydrogen) atoms. The van der Waals surface area contributed by atoms with E-state index in [1.54, 1.807) is 65.8 Å². The van der Waals surface area contributed by atoms with Gasteiger partial charge in [0.25, 0.3) is 0 Å². The lowest BCUT2D eigenvalue weighted by molar-refractivity contribution is 0.00437. The van der Waals surface area contributed by atoms with Crippen molar-refractivity contribution in [2.45, 2.75) is 65.6 Å². The van der Waals surface area contributed by atoms with Crippen molar-refractivity contribution < 1.29 is 23.8 Å². The average Bonchev–Trinajstić information content (AvgIpc) is 2.41. The van der Waals surface area contributed by atoms with E-state index in [0.29, 0.717) is 11.1 Å². The van der Waals surface area contributed by atoms with Crippen LogP contribution in [0.15, 0.2) is 24.3 Å². The maximum Gasteiger partial charge on any atom is 0.409 e. The van der Waals surface area contributed by atoms with Gasteiger partial charge in [-0.05, 0) is 60.1 Å². The number of alkyl carbamates (subject to hydrolysis) is 1. The van der Waals surface area contributed by atoms with Crippen LogP contribution < -0.4 is 5.32 Å². The smallest absolute Gasteiger partial charge is 0.409 e. The topological polar surface area (TPSA) is 73.9 Å². The summed E-state index contributed by atoms with van der Waals surface area (Å²) in [6.45, 7) is 14.5. The van der Waals surface area contributed by atoms with Crippen LogP contribution in [0, 0.1) is 6.92 Å². The largest absolute Gasteiger partial charge is 0.456 e. The zero-order valence-corrected chi connectivity index (χ0v) is 15.8. The first-order chi connectivity index (χ1) is 11.4. The van der Waals surface area contributed by atoms with Crippen molar-refractivity contribution in [3.63, 3.8) is 0 Å². The van der Waals surface area contributed by atoms with Crippen LogP contribution in [0.3, 0.4) is 0 Å². The lowest BCUT2D eigenvalue weighted by atomic mass is 10.1. The molecule has 0 aliphatic heterocycles. The highest BCUT2D eigenvalue weighted by atomic mass is 16.6. The zero-order chi connectivity index (χ0) is 19.3. The standard InChI is InChI=1S/C19H28NO5/c1-13(20-17(22)25-19(5,6)7)23-12-14-10-8-9-11-15(14)16(21)24-18(2,3)4/h8-11,13H,1,12H2,2-7H3,(H,20,22). The fourth-order valence-electron chi connectivity index (χ4n) is 1.85.